The Hall–Kier alpha value is -0.660. The number of nitrogens with one attached hydrogen (secondary N) is 1. The van der Waals surface area contributed by atoms with Gasteiger partial charge in [0.2, 0.25) is 0 Å². The summed E-state index contributed by atoms with van der Waals surface area (Å²) in [7, 11) is -1.13. The Morgan fingerprint density at radius 1 is 1.40 bits per heavy atom. The van der Waals surface area contributed by atoms with Crippen LogP contribution in [0.15, 0.2) is 0 Å². The van der Waals surface area contributed by atoms with Crippen LogP contribution in [0.25, 0.3) is 0 Å². The molecule has 2 aliphatic rings. The number of hydrogen-bond acceptors (Lipinski definition) is 3. The largest absolute Gasteiger partial charge is 0.465 e. The SMILES string of the molecule is CC(C)(C)S(=O)N[C@@H]1COCC12CCN(C(=O)O)CC2. The number of carbonyl (C=O) groups is 1. The minimum Gasteiger partial charge on any atom is -0.465 e. The first-order valence-corrected chi connectivity index (χ1v) is 8.13. The van der Waals surface area contributed by atoms with Crippen LogP contribution in [0.4, 0.5) is 4.79 Å². The number of rotatable bonds is 2. The molecule has 2 N–H and O–H groups in total. The van der Waals surface area contributed by atoms with Gasteiger partial charge in [0.25, 0.3) is 0 Å². The summed E-state index contributed by atoms with van der Waals surface area (Å²) in [5.41, 5.74) is -0.0765. The minimum absolute atomic E-state index is 0.0403. The highest BCUT2D eigenvalue weighted by molar-refractivity contribution is 7.84. The molecule has 1 spiro atoms. The van der Waals surface area contributed by atoms with Crippen molar-refractivity contribution in [3.8, 4) is 0 Å². The third kappa shape index (κ3) is 3.15. The summed E-state index contributed by atoms with van der Waals surface area (Å²) in [6, 6.07) is 0.0403. The lowest BCUT2D eigenvalue weighted by Crippen LogP contribution is -2.53. The first-order valence-electron chi connectivity index (χ1n) is 6.98. The Balaban J connectivity index is 2.01. The van der Waals surface area contributed by atoms with Gasteiger partial charge in [0.1, 0.15) is 0 Å². The monoisotopic (exact) mass is 304 g/mol. The summed E-state index contributed by atoms with van der Waals surface area (Å²) in [6.07, 6.45) is 0.665. The van der Waals surface area contributed by atoms with E-state index in [0.717, 1.165) is 12.8 Å². The molecule has 0 radical (unpaired) electrons. The predicted octanol–water partition coefficient (Wildman–Crippen LogP) is 1.20. The molecule has 1 unspecified atom stereocenters. The van der Waals surface area contributed by atoms with Crippen molar-refractivity contribution in [2.75, 3.05) is 26.3 Å². The highest BCUT2D eigenvalue weighted by Crippen LogP contribution is 2.40. The van der Waals surface area contributed by atoms with Crippen molar-refractivity contribution in [2.24, 2.45) is 5.41 Å². The van der Waals surface area contributed by atoms with Crippen LogP contribution in [0.5, 0.6) is 0 Å². The average molecular weight is 304 g/mol. The van der Waals surface area contributed by atoms with Gasteiger partial charge in [-0.15, -0.1) is 0 Å². The Labute approximate surface area is 122 Å². The van der Waals surface area contributed by atoms with E-state index in [1.165, 1.54) is 4.90 Å². The van der Waals surface area contributed by atoms with Crippen LogP contribution in [-0.2, 0) is 15.7 Å². The van der Waals surface area contributed by atoms with Crippen LogP contribution >= 0.6 is 0 Å². The fourth-order valence-electron chi connectivity index (χ4n) is 2.76. The second-order valence-electron chi connectivity index (χ2n) is 6.70. The molecule has 2 rings (SSSR count). The quantitative estimate of drug-likeness (QED) is 0.803. The molecule has 0 aliphatic carbocycles. The zero-order valence-corrected chi connectivity index (χ0v) is 13.2. The second-order valence-corrected chi connectivity index (χ2v) is 8.70. The fraction of sp³-hybridized carbons (Fsp3) is 0.923. The van der Waals surface area contributed by atoms with Crippen LogP contribution in [0.2, 0.25) is 0 Å². The molecule has 1 amide bonds. The van der Waals surface area contributed by atoms with Gasteiger partial charge in [0, 0.05) is 18.5 Å². The van der Waals surface area contributed by atoms with Crippen molar-refractivity contribution in [2.45, 2.75) is 44.4 Å². The Morgan fingerprint density at radius 2 is 2.00 bits per heavy atom. The zero-order chi connectivity index (χ0) is 15.0. The maximum Gasteiger partial charge on any atom is 0.407 e. The molecule has 0 aromatic rings. The van der Waals surface area contributed by atoms with Crippen LogP contribution in [0.1, 0.15) is 33.6 Å². The number of amides is 1. The van der Waals surface area contributed by atoms with Crippen molar-refractivity contribution in [1.29, 1.82) is 0 Å². The lowest BCUT2D eigenvalue weighted by Gasteiger charge is -2.41. The van der Waals surface area contributed by atoms with Crippen LogP contribution in [0, 0.1) is 5.41 Å². The molecule has 6 nitrogen and oxygen atoms in total. The van der Waals surface area contributed by atoms with Gasteiger partial charge >= 0.3 is 6.09 Å². The summed E-state index contributed by atoms with van der Waals surface area (Å²) in [6.45, 7) is 8.04. The van der Waals surface area contributed by atoms with Gasteiger partial charge in [-0.2, -0.15) is 0 Å². The number of ether oxygens (including phenoxy) is 1. The molecule has 0 aromatic heterocycles. The molecule has 0 saturated carbocycles. The van der Waals surface area contributed by atoms with E-state index in [1.54, 1.807) is 0 Å². The number of hydrogen-bond donors (Lipinski definition) is 2. The first-order chi connectivity index (χ1) is 9.24. The average Bonchev–Trinajstić information content (AvgIpc) is 2.71. The second kappa shape index (κ2) is 5.61. The van der Waals surface area contributed by atoms with E-state index in [2.05, 4.69) is 4.72 Å². The smallest absolute Gasteiger partial charge is 0.407 e. The summed E-state index contributed by atoms with van der Waals surface area (Å²) in [4.78, 5) is 12.4. The van der Waals surface area contributed by atoms with Crippen molar-refractivity contribution >= 4 is 17.1 Å². The van der Waals surface area contributed by atoms with Gasteiger partial charge in [0.05, 0.1) is 35.0 Å². The van der Waals surface area contributed by atoms with Gasteiger partial charge in [-0.25, -0.2) is 13.7 Å². The molecule has 2 fully saturated rings. The first kappa shape index (κ1) is 15.7. The lowest BCUT2D eigenvalue weighted by molar-refractivity contribution is 0.0695. The number of piperidine rings is 1. The zero-order valence-electron chi connectivity index (χ0n) is 12.3. The molecule has 2 aliphatic heterocycles. The van der Waals surface area contributed by atoms with Gasteiger partial charge in [0.15, 0.2) is 0 Å². The lowest BCUT2D eigenvalue weighted by atomic mass is 9.75. The van der Waals surface area contributed by atoms with Crippen molar-refractivity contribution in [3.05, 3.63) is 0 Å². The predicted molar refractivity (Wildman–Crippen MR) is 76.9 cm³/mol. The summed E-state index contributed by atoms with van der Waals surface area (Å²) < 4.78 is 20.7. The maximum absolute atomic E-state index is 12.3. The van der Waals surface area contributed by atoms with Gasteiger partial charge < -0.3 is 14.7 Å². The molecule has 2 saturated heterocycles. The highest BCUT2D eigenvalue weighted by Gasteiger charge is 2.47. The molecule has 2 heterocycles. The van der Waals surface area contributed by atoms with E-state index in [9.17, 15) is 9.00 Å². The molecule has 2 atom stereocenters. The van der Waals surface area contributed by atoms with Crippen LogP contribution in [-0.4, -0.2) is 57.4 Å². The highest BCUT2D eigenvalue weighted by atomic mass is 32.2. The van der Waals surface area contributed by atoms with E-state index in [4.69, 9.17) is 9.84 Å². The summed E-state index contributed by atoms with van der Waals surface area (Å²) in [5.74, 6) is 0. The fourth-order valence-corrected chi connectivity index (χ4v) is 3.69. The standard InChI is InChI=1S/C13H24N2O4S/c1-12(2,3)20(18)14-10-8-19-9-13(10)4-6-15(7-5-13)11(16)17/h10,14H,4-9H2,1-3H3,(H,16,17)/t10-,20?/m1/s1. The molecule has 0 bridgehead atoms. The molecular formula is C13H24N2O4S. The summed E-state index contributed by atoms with van der Waals surface area (Å²) in [5, 5.41) is 9.02. The minimum atomic E-state index is -1.13. The third-order valence-electron chi connectivity index (χ3n) is 4.25. The number of likely N-dealkylation sites (tertiary alicyclic amines) is 1. The Kier molecular flexibility index (Phi) is 4.41. The number of nitrogens with zero attached hydrogens (tertiary/aromatic N) is 1. The topological polar surface area (TPSA) is 78.9 Å². The van der Waals surface area contributed by atoms with E-state index < -0.39 is 17.1 Å². The molecule has 20 heavy (non-hydrogen) atoms. The van der Waals surface area contributed by atoms with Crippen LogP contribution < -0.4 is 4.72 Å². The van der Waals surface area contributed by atoms with E-state index in [0.29, 0.717) is 26.3 Å². The van der Waals surface area contributed by atoms with Crippen molar-refractivity contribution in [1.82, 2.24) is 9.62 Å². The van der Waals surface area contributed by atoms with Crippen molar-refractivity contribution in [3.63, 3.8) is 0 Å². The van der Waals surface area contributed by atoms with Crippen molar-refractivity contribution < 1.29 is 18.8 Å². The van der Waals surface area contributed by atoms with E-state index in [-0.39, 0.29) is 16.2 Å². The molecule has 116 valence electrons. The van der Waals surface area contributed by atoms with E-state index >= 15 is 0 Å². The van der Waals surface area contributed by atoms with Gasteiger partial charge in [-0.1, -0.05) is 0 Å². The third-order valence-corrected chi connectivity index (χ3v) is 5.86. The normalized spacial score (nSPS) is 27.8. The maximum atomic E-state index is 12.3. The summed E-state index contributed by atoms with van der Waals surface area (Å²) >= 11 is 0. The molecular weight excluding hydrogens is 280 g/mol. The van der Waals surface area contributed by atoms with Crippen LogP contribution in [0.3, 0.4) is 0 Å². The van der Waals surface area contributed by atoms with Gasteiger partial charge in [-0.05, 0) is 33.6 Å². The molecule has 0 aromatic carbocycles. The Bertz CT molecular complexity index is 400. The van der Waals surface area contributed by atoms with E-state index in [1.807, 2.05) is 20.8 Å². The Morgan fingerprint density at radius 3 is 2.50 bits per heavy atom. The molecule has 7 heteroatoms. The van der Waals surface area contributed by atoms with Gasteiger partial charge in [-0.3, -0.25) is 0 Å². The number of carboxylic acid groups (broad SMARTS) is 1.